The molecular formula is C20H34N4O3. The normalized spacial score (nSPS) is 15.5. The predicted octanol–water partition coefficient (Wildman–Crippen LogP) is 1.74. The number of hydrogen-bond acceptors (Lipinski definition) is 5. The van der Waals surface area contributed by atoms with Crippen LogP contribution >= 0.6 is 0 Å². The Bertz CT molecular complexity index is 578. The summed E-state index contributed by atoms with van der Waals surface area (Å²) in [6.07, 6.45) is 2.58. The number of nitrogens with one attached hydrogen (secondary N) is 2. The van der Waals surface area contributed by atoms with Gasteiger partial charge in [-0.15, -0.1) is 0 Å². The minimum absolute atomic E-state index is 0.0236. The van der Waals surface area contributed by atoms with Gasteiger partial charge in [-0.2, -0.15) is 0 Å². The van der Waals surface area contributed by atoms with Crippen molar-refractivity contribution in [2.24, 2.45) is 4.99 Å². The van der Waals surface area contributed by atoms with Crippen LogP contribution in [0.25, 0.3) is 0 Å². The molecule has 7 nitrogen and oxygen atoms in total. The van der Waals surface area contributed by atoms with E-state index in [0.29, 0.717) is 6.54 Å². The molecule has 1 saturated carbocycles. The zero-order valence-electron chi connectivity index (χ0n) is 17.0. The van der Waals surface area contributed by atoms with Crippen molar-refractivity contribution in [2.45, 2.75) is 31.9 Å². The highest BCUT2D eigenvalue weighted by molar-refractivity contribution is 5.79. The van der Waals surface area contributed by atoms with Gasteiger partial charge in [0.25, 0.3) is 0 Å². The van der Waals surface area contributed by atoms with Crippen LogP contribution in [0.4, 0.5) is 0 Å². The van der Waals surface area contributed by atoms with Gasteiger partial charge in [0.1, 0.15) is 6.10 Å². The zero-order valence-corrected chi connectivity index (χ0v) is 17.0. The molecule has 1 aromatic carbocycles. The molecule has 0 aliphatic heterocycles. The number of para-hydroxylation sites is 2. The van der Waals surface area contributed by atoms with E-state index in [1.807, 2.05) is 31.2 Å². The molecule has 0 radical (unpaired) electrons. The number of methoxy groups -OCH3 is 2. The van der Waals surface area contributed by atoms with Crippen LogP contribution in [0.5, 0.6) is 11.5 Å². The molecule has 27 heavy (non-hydrogen) atoms. The first-order chi connectivity index (χ1) is 13.2. The largest absolute Gasteiger partial charge is 0.493 e. The quantitative estimate of drug-likeness (QED) is 0.427. The van der Waals surface area contributed by atoms with Crippen molar-refractivity contribution in [1.29, 1.82) is 0 Å². The molecule has 0 aromatic heterocycles. The van der Waals surface area contributed by atoms with E-state index < -0.39 is 0 Å². The van der Waals surface area contributed by atoms with Gasteiger partial charge in [-0.25, -0.2) is 0 Å². The SMILES string of the molecule is CN=C(NCCN(CCOC)C1CC1)NCC(C)Oc1ccccc1OC. The molecule has 7 heteroatoms. The van der Waals surface area contributed by atoms with Crippen LogP contribution in [0.2, 0.25) is 0 Å². The van der Waals surface area contributed by atoms with Gasteiger partial charge in [-0.3, -0.25) is 9.89 Å². The first kappa shape index (κ1) is 21.3. The number of hydrogen-bond donors (Lipinski definition) is 2. The van der Waals surface area contributed by atoms with E-state index in [4.69, 9.17) is 14.2 Å². The lowest BCUT2D eigenvalue weighted by atomic mass is 10.3. The van der Waals surface area contributed by atoms with Crippen LogP contribution in [-0.4, -0.2) is 77.1 Å². The van der Waals surface area contributed by atoms with Crippen molar-refractivity contribution in [3.63, 3.8) is 0 Å². The zero-order chi connectivity index (χ0) is 19.5. The first-order valence-corrected chi connectivity index (χ1v) is 9.65. The number of aliphatic imine (C=N–C) groups is 1. The van der Waals surface area contributed by atoms with Gasteiger partial charge in [0.2, 0.25) is 0 Å². The summed E-state index contributed by atoms with van der Waals surface area (Å²) in [4.78, 5) is 6.77. The molecule has 152 valence electrons. The Morgan fingerprint density at radius 3 is 2.56 bits per heavy atom. The van der Waals surface area contributed by atoms with Crippen LogP contribution in [0.15, 0.2) is 29.3 Å². The smallest absolute Gasteiger partial charge is 0.191 e. The fourth-order valence-corrected chi connectivity index (χ4v) is 2.88. The molecule has 0 saturated heterocycles. The summed E-state index contributed by atoms with van der Waals surface area (Å²) in [5.41, 5.74) is 0. The van der Waals surface area contributed by atoms with Crippen molar-refractivity contribution in [2.75, 3.05) is 54.1 Å². The van der Waals surface area contributed by atoms with Crippen molar-refractivity contribution < 1.29 is 14.2 Å². The van der Waals surface area contributed by atoms with E-state index in [9.17, 15) is 0 Å². The minimum atomic E-state index is -0.0236. The highest BCUT2D eigenvalue weighted by atomic mass is 16.5. The summed E-state index contributed by atoms with van der Waals surface area (Å²) in [6.45, 7) is 6.27. The molecule has 1 aliphatic rings. The summed E-state index contributed by atoms with van der Waals surface area (Å²) in [5.74, 6) is 2.27. The van der Waals surface area contributed by atoms with E-state index in [-0.39, 0.29) is 6.10 Å². The van der Waals surface area contributed by atoms with Gasteiger partial charge in [0.15, 0.2) is 17.5 Å². The third-order valence-corrected chi connectivity index (χ3v) is 4.52. The molecule has 0 amide bonds. The lowest BCUT2D eigenvalue weighted by Gasteiger charge is -2.23. The number of ether oxygens (including phenoxy) is 3. The van der Waals surface area contributed by atoms with Crippen LogP contribution in [-0.2, 0) is 4.74 Å². The Balaban J connectivity index is 1.69. The third kappa shape index (κ3) is 7.64. The monoisotopic (exact) mass is 378 g/mol. The molecule has 1 unspecified atom stereocenters. The Labute approximate surface area is 163 Å². The molecule has 0 heterocycles. The standard InChI is InChI=1S/C20H34N4O3/c1-16(27-19-8-6-5-7-18(19)26-4)15-23-20(21-2)22-11-12-24(13-14-25-3)17-9-10-17/h5-8,16-17H,9-15H2,1-4H3,(H2,21,22,23). The van der Waals surface area contributed by atoms with E-state index >= 15 is 0 Å². The Kier molecular flexibility index (Phi) is 9.21. The Hall–Kier alpha value is -1.99. The summed E-state index contributed by atoms with van der Waals surface area (Å²) in [5, 5.41) is 6.70. The van der Waals surface area contributed by atoms with Crippen LogP contribution < -0.4 is 20.1 Å². The Morgan fingerprint density at radius 2 is 1.93 bits per heavy atom. The summed E-state index contributed by atoms with van der Waals surface area (Å²) in [7, 11) is 5.18. The van der Waals surface area contributed by atoms with Gasteiger partial charge in [-0.1, -0.05) is 12.1 Å². The molecule has 2 rings (SSSR count). The maximum Gasteiger partial charge on any atom is 0.191 e. The number of guanidine groups is 1. The predicted molar refractivity (Wildman–Crippen MR) is 109 cm³/mol. The molecule has 1 fully saturated rings. The summed E-state index contributed by atoms with van der Waals surface area (Å²) >= 11 is 0. The maximum atomic E-state index is 5.97. The van der Waals surface area contributed by atoms with Crippen LogP contribution in [0.1, 0.15) is 19.8 Å². The average molecular weight is 379 g/mol. The van der Waals surface area contributed by atoms with Gasteiger partial charge in [-0.05, 0) is 31.9 Å². The van der Waals surface area contributed by atoms with Crippen molar-refractivity contribution in [3.8, 4) is 11.5 Å². The van der Waals surface area contributed by atoms with Crippen molar-refractivity contribution >= 4 is 5.96 Å². The van der Waals surface area contributed by atoms with Crippen molar-refractivity contribution in [1.82, 2.24) is 15.5 Å². The second-order valence-electron chi connectivity index (χ2n) is 6.72. The lowest BCUT2D eigenvalue weighted by Crippen LogP contribution is -2.45. The van der Waals surface area contributed by atoms with E-state index in [2.05, 4.69) is 20.5 Å². The number of rotatable bonds is 12. The second kappa shape index (κ2) is 11.7. The Morgan fingerprint density at radius 1 is 1.19 bits per heavy atom. The van der Waals surface area contributed by atoms with Crippen LogP contribution in [0.3, 0.4) is 0 Å². The van der Waals surface area contributed by atoms with Crippen molar-refractivity contribution in [3.05, 3.63) is 24.3 Å². The topological polar surface area (TPSA) is 67.4 Å². The number of nitrogens with zero attached hydrogens (tertiary/aromatic N) is 2. The van der Waals surface area contributed by atoms with Gasteiger partial charge >= 0.3 is 0 Å². The third-order valence-electron chi connectivity index (χ3n) is 4.52. The molecule has 2 N–H and O–H groups in total. The van der Waals surface area contributed by atoms with E-state index in [1.165, 1.54) is 12.8 Å². The highest BCUT2D eigenvalue weighted by Crippen LogP contribution is 2.27. The molecule has 1 aliphatic carbocycles. The van der Waals surface area contributed by atoms with Gasteiger partial charge in [0, 0.05) is 39.8 Å². The van der Waals surface area contributed by atoms with Crippen LogP contribution in [0, 0.1) is 0 Å². The number of benzene rings is 1. The fourth-order valence-electron chi connectivity index (χ4n) is 2.88. The van der Waals surface area contributed by atoms with Gasteiger partial charge in [0.05, 0.1) is 20.3 Å². The maximum absolute atomic E-state index is 5.97. The summed E-state index contributed by atoms with van der Waals surface area (Å²) in [6, 6.07) is 8.40. The molecule has 1 atom stereocenters. The summed E-state index contributed by atoms with van der Waals surface area (Å²) < 4.78 is 16.5. The molecule has 1 aromatic rings. The first-order valence-electron chi connectivity index (χ1n) is 9.65. The van der Waals surface area contributed by atoms with Gasteiger partial charge < -0.3 is 24.8 Å². The van der Waals surface area contributed by atoms with E-state index in [1.54, 1.807) is 21.3 Å². The fraction of sp³-hybridized carbons (Fsp3) is 0.650. The minimum Gasteiger partial charge on any atom is -0.493 e. The molecular weight excluding hydrogens is 344 g/mol. The second-order valence-corrected chi connectivity index (χ2v) is 6.72. The highest BCUT2D eigenvalue weighted by Gasteiger charge is 2.28. The lowest BCUT2D eigenvalue weighted by molar-refractivity contribution is 0.144. The van der Waals surface area contributed by atoms with E-state index in [0.717, 1.165) is 49.7 Å². The molecule has 0 bridgehead atoms. The molecule has 0 spiro atoms. The average Bonchev–Trinajstić information content (AvgIpc) is 3.52.